The first-order valence-electron chi connectivity index (χ1n) is 18.7. The van der Waals surface area contributed by atoms with Crippen LogP contribution < -0.4 is 4.90 Å². The zero-order valence-electron chi connectivity index (χ0n) is 29.8. The zero-order chi connectivity index (χ0) is 36.3. The summed E-state index contributed by atoms with van der Waals surface area (Å²) < 4.78 is 9.02. The summed E-state index contributed by atoms with van der Waals surface area (Å²) in [5, 5.41) is 7.30. The van der Waals surface area contributed by atoms with Gasteiger partial charge < -0.3 is 9.32 Å². The van der Waals surface area contributed by atoms with Crippen LogP contribution in [0.4, 0.5) is 17.1 Å². The molecule has 0 saturated carbocycles. The van der Waals surface area contributed by atoms with Crippen LogP contribution in [-0.2, 0) is 0 Å². The topological polar surface area (TPSA) is 16.4 Å². The van der Waals surface area contributed by atoms with Crippen molar-refractivity contribution < 1.29 is 4.42 Å². The van der Waals surface area contributed by atoms with Gasteiger partial charge in [-0.15, -0.1) is 11.3 Å². The monoisotopic (exact) mass is 719 g/mol. The molecule has 0 saturated heterocycles. The van der Waals surface area contributed by atoms with Gasteiger partial charge in [-0.25, -0.2) is 0 Å². The van der Waals surface area contributed by atoms with Crippen molar-refractivity contribution in [2.45, 2.75) is 0 Å². The van der Waals surface area contributed by atoms with Gasteiger partial charge in [-0.2, -0.15) is 0 Å². The van der Waals surface area contributed by atoms with Crippen molar-refractivity contribution in [1.29, 1.82) is 0 Å². The maximum absolute atomic E-state index is 6.38. The largest absolute Gasteiger partial charge is 0.456 e. The highest BCUT2D eigenvalue weighted by atomic mass is 32.1. The number of anilines is 3. The van der Waals surface area contributed by atoms with E-state index in [4.69, 9.17) is 4.42 Å². The van der Waals surface area contributed by atoms with Gasteiger partial charge >= 0.3 is 0 Å². The standard InChI is InChI=1S/C52H33NOS/c1-2-10-34(11-3-1)37-20-22-40-33-38(21-23-39(40)32-37)35-24-28-41(29-25-35)53(47-16-9-18-49-51(47)46-13-4-6-17-48(46)54-49)42-30-26-36(27-31-42)43-14-8-15-45-44-12-5-7-19-50(44)55-52(43)45/h1-33H. The fraction of sp³-hybridized carbons (Fsp3) is 0. The lowest BCUT2D eigenvalue weighted by Gasteiger charge is -2.26. The van der Waals surface area contributed by atoms with Crippen molar-refractivity contribution in [3.8, 4) is 33.4 Å². The molecule has 0 aliphatic heterocycles. The summed E-state index contributed by atoms with van der Waals surface area (Å²) in [7, 11) is 0. The van der Waals surface area contributed by atoms with Crippen LogP contribution in [-0.4, -0.2) is 0 Å². The van der Waals surface area contributed by atoms with Gasteiger partial charge in [-0.1, -0.05) is 140 Å². The molecule has 0 atom stereocenters. The number of thiophene rings is 1. The Morgan fingerprint density at radius 3 is 1.69 bits per heavy atom. The lowest BCUT2D eigenvalue weighted by atomic mass is 9.97. The van der Waals surface area contributed by atoms with Gasteiger partial charge in [0.25, 0.3) is 0 Å². The van der Waals surface area contributed by atoms with E-state index in [0.717, 1.165) is 39.0 Å². The average Bonchev–Trinajstić information content (AvgIpc) is 3.83. The predicted octanol–water partition coefficient (Wildman–Crippen LogP) is 15.6. The molecule has 0 spiro atoms. The van der Waals surface area contributed by atoms with E-state index in [2.05, 4.69) is 193 Å². The van der Waals surface area contributed by atoms with Crippen molar-refractivity contribution in [3.63, 3.8) is 0 Å². The molecule has 2 aromatic heterocycles. The van der Waals surface area contributed by atoms with Gasteiger partial charge in [0.05, 0.1) is 11.1 Å². The summed E-state index contributed by atoms with van der Waals surface area (Å²) in [5.74, 6) is 0. The van der Waals surface area contributed by atoms with Crippen LogP contribution in [0.15, 0.2) is 205 Å². The fourth-order valence-electron chi connectivity index (χ4n) is 8.17. The maximum atomic E-state index is 6.38. The summed E-state index contributed by atoms with van der Waals surface area (Å²) in [4.78, 5) is 2.36. The molecule has 9 aromatic carbocycles. The summed E-state index contributed by atoms with van der Waals surface area (Å²) in [6.07, 6.45) is 0. The average molecular weight is 720 g/mol. The Morgan fingerprint density at radius 1 is 0.382 bits per heavy atom. The number of para-hydroxylation sites is 1. The Kier molecular flexibility index (Phi) is 7.39. The van der Waals surface area contributed by atoms with E-state index in [1.807, 2.05) is 23.5 Å². The van der Waals surface area contributed by atoms with E-state index in [1.54, 1.807) is 0 Å². The molecule has 258 valence electrons. The number of fused-ring (bicyclic) bond motifs is 7. The van der Waals surface area contributed by atoms with E-state index in [0.29, 0.717) is 0 Å². The van der Waals surface area contributed by atoms with Gasteiger partial charge in [0.2, 0.25) is 0 Å². The number of furan rings is 1. The van der Waals surface area contributed by atoms with Crippen molar-refractivity contribution in [3.05, 3.63) is 200 Å². The summed E-state index contributed by atoms with van der Waals surface area (Å²) in [6, 6.07) is 72.1. The quantitative estimate of drug-likeness (QED) is 0.170. The third kappa shape index (κ3) is 5.40. The lowest BCUT2D eigenvalue weighted by Crippen LogP contribution is -2.10. The highest BCUT2D eigenvalue weighted by molar-refractivity contribution is 7.26. The second-order valence-electron chi connectivity index (χ2n) is 14.1. The highest BCUT2D eigenvalue weighted by Gasteiger charge is 2.20. The first-order valence-corrected chi connectivity index (χ1v) is 19.5. The molecule has 55 heavy (non-hydrogen) atoms. The summed E-state index contributed by atoms with van der Waals surface area (Å²) >= 11 is 1.87. The van der Waals surface area contributed by atoms with Crippen LogP contribution in [0.2, 0.25) is 0 Å². The van der Waals surface area contributed by atoms with E-state index < -0.39 is 0 Å². The molecule has 0 unspecified atom stereocenters. The summed E-state index contributed by atoms with van der Waals surface area (Å²) in [6.45, 7) is 0. The Balaban J connectivity index is 1.01. The molecule has 0 radical (unpaired) electrons. The van der Waals surface area contributed by atoms with E-state index in [-0.39, 0.29) is 0 Å². The zero-order valence-corrected chi connectivity index (χ0v) is 30.6. The number of nitrogens with zero attached hydrogens (tertiary/aromatic N) is 1. The minimum Gasteiger partial charge on any atom is -0.456 e. The minimum absolute atomic E-state index is 0.875. The van der Waals surface area contributed by atoms with Gasteiger partial charge in [-0.05, 0) is 105 Å². The van der Waals surface area contributed by atoms with Crippen molar-refractivity contribution in [2.24, 2.45) is 0 Å². The molecule has 0 N–H and O–H groups in total. The molecular formula is C52H33NOS. The minimum atomic E-state index is 0.875. The van der Waals surface area contributed by atoms with Gasteiger partial charge in [0.15, 0.2) is 0 Å². The normalized spacial score (nSPS) is 11.6. The molecule has 3 heteroatoms. The number of hydrogen-bond acceptors (Lipinski definition) is 3. The molecule has 11 aromatic rings. The van der Waals surface area contributed by atoms with E-state index >= 15 is 0 Å². The van der Waals surface area contributed by atoms with E-state index in [1.165, 1.54) is 64.3 Å². The van der Waals surface area contributed by atoms with Crippen LogP contribution in [0, 0.1) is 0 Å². The van der Waals surface area contributed by atoms with Gasteiger partial charge in [-0.3, -0.25) is 0 Å². The molecule has 0 bridgehead atoms. The Bertz CT molecular complexity index is 3190. The molecule has 0 aliphatic carbocycles. The van der Waals surface area contributed by atoms with Crippen molar-refractivity contribution in [2.75, 3.05) is 4.90 Å². The predicted molar refractivity (Wildman–Crippen MR) is 235 cm³/mol. The Morgan fingerprint density at radius 2 is 0.945 bits per heavy atom. The molecule has 2 nitrogen and oxygen atoms in total. The van der Waals surface area contributed by atoms with E-state index in [9.17, 15) is 0 Å². The van der Waals surface area contributed by atoms with Gasteiger partial charge in [0.1, 0.15) is 11.2 Å². The number of rotatable bonds is 6. The summed E-state index contributed by atoms with van der Waals surface area (Å²) in [5.41, 5.74) is 12.3. The third-order valence-electron chi connectivity index (χ3n) is 10.9. The Labute approximate surface area is 322 Å². The molecule has 11 rings (SSSR count). The van der Waals surface area contributed by atoms with Crippen LogP contribution >= 0.6 is 11.3 Å². The SMILES string of the molecule is c1ccc(-c2ccc3cc(-c4ccc(N(c5ccc(-c6cccc7c6sc6ccccc67)cc5)c5cccc6oc7ccccc7c56)cc4)ccc3c2)cc1. The lowest BCUT2D eigenvalue weighted by molar-refractivity contribution is 0.669. The van der Waals surface area contributed by atoms with Crippen LogP contribution in [0.3, 0.4) is 0 Å². The molecule has 0 amide bonds. The van der Waals surface area contributed by atoms with Crippen LogP contribution in [0.5, 0.6) is 0 Å². The first kappa shape index (κ1) is 31.6. The molecular weight excluding hydrogens is 687 g/mol. The van der Waals surface area contributed by atoms with Crippen molar-refractivity contribution >= 4 is 81.3 Å². The Hall–Kier alpha value is -6.94. The fourth-order valence-corrected chi connectivity index (χ4v) is 9.41. The number of hydrogen-bond donors (Lipinski definition) is 0. The molecule has 0 aliphatic rings. The second kappa shape index (κ2) is 12.9. The van der Waals surface area contributed by atoms with Crippen LogP contribution in [0.25, 0.3) is 86.3 Å². The highest BCUT2D eigenvalue weighted by Crippen LogP contribution is 2.45. The van der Waals surface area contributed by atoms with Crippen LogP contribution in [0.1, 0.15) is 0 Å². The molecule has 0 fully saturated rings. The van der Waals surface area contributed by atoms with Crippen molar-refractivity contribution in [1.82, 2.24) is 0 Å². The first-order chi connectivity index (χ1) is 27.2. The van der Waals surface area contributed by atoms with Gasteiger partial charge in [0, 0.05) is 36.9 Å². The number of benzene rings is 9. The smallest absolute Gasteiger partial charge is 0.137 e. The second-order valence-corrected chi connectivity index (χ2v) is 15.2. The molecule has 2 heterocycles. The maximum Gasteiger partial charge on any atom is 0.137 e. The third-order valence-corrected chi connectivity index (χ3v) is 12.1.